The molecule has 90 valence electrons. The summed E-state index contributed by atoms with van der Waals surface area (Å²) in [7, 11) is 1.94. The van der Waals surface area contributed by atoms with Crippen molar-refractivity contribution in [1.29, 1.82) is 0 Å². The van der Waals surface area contributed by atoms with E-state index in [-0.39, 0.29) is 5.78 Å². The second-order valence-electron chi connectivity index (χ2n) is 4.96. The third kappa shape index (κ3) is 2.23. The van der Waals surface area contributed by atoms with E-state index in [0.29, 0.717) is 5.92 Å². The van der Waals surface area contributed by atoms with Gasteiger partial charge in [0.1, 0.15) is 0 Å². The first-order valence-corrected chi connectivity index (χ1v) is 5.95. The van der Waals surface area contributed by atoms with Gasteiger partial charge in [0.2, 0.25) is 0 Å². The van der Waals surface area contributed by atoms with Gasteiger partial charge in [-0.1, -0.05) is 13.8 Å². The summed E-state index contributed by atoms with van der Waals surface area (Å²) in [4.78, 5) is 11.4. The van der Waals surface area contributed by atoms with Crippen LogP contribution < -0.4 is 0 Å². The Morgan fingerprint density at radius 2 is 2.12 bits per heavy atom. The van der Waals surface area contributed by atoms with Crippen LogP contribution in [0, 0.1) is 5.92 Å². The molecule has 0 unspecified atom stereocenters. The van der Waals surface area contributed by atoms with Crippen molar-refractivity contribution in [2.75, 3.05) is 0 Å². The molecule has 2 aromatic rings. The van der Waals surface area contributed by atoms with Gasteiger partial charge < -0.3 is 0 Å². The summed E-state index contributed by atoms with van der Waals surface area (Å²) < 4.78 is 1.89. The zero-order valence-corrected chi connectivity index (χ0v) is 10.8. The highest BCUT2D eigenvalue weighted by atomic mass is 16.1. The molecule has 1 heterocycles. The van der Waals surface area contributed by atoms with Gasteiger partial charge in [-0.25, -0.2) is 0 Å². The van der Waals surface area contributed by atoms with E-state index in [0.717, 1.165) is 28.6 Å². The Morgan fingerprint density at radius 3 is 2.71 bits per heavy atom. The molecule has 0 radical (unpaired) electrons. The fourth-order valence-corrected chi connectivity index (χ4v) is 2.09. The lowest BCUT2D eigenvalue weighted by Crippen LogP contribution is -1.97. The summed E-state index contributed by atoms with van der Waals surface area (Å²) in [5.41, 5.74) is 2.93. The average Bonchev–Trinajstić information content (AvgIpc) is 2.54. The zero-order chi connectivity index (χ0) is 12.6. The minimum Gasteiger partial charge on any atom is -0.295 e. The minimum atomic E-state index is 0.103. The lowest BCUT2D eigenvalue weighted by atomic mass is 10.0. The molecule has 0 atom stereocenters. The third-order valence-electron chi connectivity index (χ3n) is 2.93. The number of rotatable bonds is 3. The number of nitrogens with zero attached hydrogens (tertiary/aromatic N) is 2. The number of hydrogen-bond donors (Lipinski definition) is 0. The molecule has 0 aliphatic rings. The molecule has 0 aliphatic carbocycles. The first-order chi connectivity index (χ1) is 7.99. The Morgan fingerprint density at radius 1 is 1.41 bits per heavy atom. The van der Waals surface area contributed by atoms with Gasteiger partial charge in [-0.05, 0) is 37.5 Å². The Kier molecular flexibility index (Phi) is 3.01. The van der Waals surface area contributed by atoms with Gasteiger partial charge in [-0.2, -0.15) is 5.10 Å². The monoisotopic (exact) mass is 230 g/mol. The van der Waals surface area contributed by atoms with E-state index in [9.17, 15) is 4.79 Å². The molecule has 0 bridgehead atoms. The number of hydrogen-bond acceptors (Lipinski definition) is 2. The fraction of sp³-hybridized carbons (Fsp3) is 0.429. The second-order valence-corrected chi connectivity index (χ2v) is 4.96. The predicted molar refractivity (Wildman–Crippen MR) is 69.3 cm³/mol. The van der Waals surface area contributed by atoms with Crippen molar-refractivity contribution in [3.8, 4) is 0 Å². The van der Waals surface area contributed by atoms with Crippen molar-refractivity contribution < 1.29 is 4.79 Å². The van der Waals surface area contributed by atoms with Crippen LogP contribution in [0.4, 0.5) is 0 Å². The van der Waals surface area contributed by atoms with Gasteiger partial charge in [0, 0.05) is 18.0 Å². The molecule has 0 saturated heterocycles. The largest absolute Gasteiger partial charge is 0.295 e. The predicted octanol–water partition coefficient (Wildman–Crippen LogP) is 2.97. The number of Topliss-reactive ketones (excluding diaryl/α,β-unsaturated/α-hetero) is 1. The molecule has 0 amide bonds. The summed E-state index contributed by atoms with van der Waals surface area (Å²) in [5.74, 6) is 0.667. The normalized spacial score (nSPS) is 11.4. The van der Waals surface area contributed by atoms with E-state index in [2.05, 4.69) is 18.9 Å². The quantitative estimate of drug-likeness (QED) is 0.760. The molecule has 1 aromatic carbocycles. The summed E-state index contributed by atoms with van der Waals surface area (Å²) >= 11 is 0. The molecule has 3 heteroatoms. The van der Waals surface area contributed by atoms with Gasteiger partial charge in [0.05, 0.1) is 11.2 Å². The first-order valence-electron chi connectivity index (χ1n) is 5.95. The van der Waals surface area contributed by atoms with Crippen LogP contribution in [0.2, 0.25) is 0 Å². The van der Waals surface area contributed by atoms with Crippen LogP contribution in [-0.4, -0.2) is 15.6 Å². The second kappa shape index (κ2) is 4.32. The average molecular weight is 230 g/mol. The smallest absolute Gasteiger partial charge is 0.159 e. The third-order valence-corrected chi connectivity index (χ3v) is 2.93. The number of aryl methyl sites for hydroxylation is 1. The van der Waals surface area contributed by atoms with Gasteiger partial charge >= 0.3 is 0 Å². The van der Waals surface area contributed by atoms with Gasteiger partial charge in [-0.15, -0.1) is 0 Å². The number of ketones is 1. The minimum absolute atomic E-state index is 0.103. The Bertz CT molecular complexity index is 567. The van der Waals surface area contributed by atoms with Crippen molar-refractivity contribution in [3.63, 3.8) is 0 Å². The molecule has 3 nitrogen and oxygen atoms in total. The maximum absolute atomic E-state index is 11.4. The van der Waals surface area contributed by atoms with E-state index in [1.54, 1.807) is 6.92 Å². The van der Waals surface area contributed by atoms with Crippen molar-refractivity contribution in [1.82, 2.24) is 9.78 Å². The summed E-state index contributed by atoms with van der Waals surface area (Å²) in [6.45, 7) is 5.95. The van der Waals surface area contributed by atoms with E-state index in [4.69, 9.17) is 0 Å². The maximum atomic E-state index is 11.4. The highest BCUT2D eigenvalue weighted by molar-refractivity contribution is 5.98. The SMILES string of the molecule is CC(=O)c1ccc2c(c1)c(CC(C)C)nn2C. The summed E-state index contributed by atoms with van der Waals surface area (Å²) in [6, 6.07) is 5.80. The van der Waals surface area contributed by atoms with E-state index < -0.39 is 0 Å². The number of fused-ring (bicyclic) bond motifs is 1. The van der Waals surface area contributed by atoms with E-state index >= 15 is 0 Å². The number of carbonyl (C=O) groups excluding carboxylic acids is 1. The number of benzene rings is 1. The molecule has 17 heavy (non-hydrogen) atoms. The fourth-order valence-electron chi connectivity index (χ4n) is 2.09. The molecular weight excluding hydrogens is 212 g/mol. The van der Waals surface area contributed by atoms with Crippen LogP contribution >= 0.6 is 0 Å². The van der Waals surface area contributed by atoms with Crippen molar-refractivity contribution in [3.05, 3.63) is 29.5 Å². The number of carbonyl (C=O) groups is 1. The van der Waals surface area contributed by atoms with Crippen LogP contribution in [-0.2, 0) is 13.5 Å². The standard InChI is InChI=1S/C14H18N2O/c1-9(2)7-13-12-8-11(10(3)17)5-6-14(12)16(4)15-13/h5-6,8-9H,7H2,1-4H3. The van der Waals surface area contributed by atoms with Crippen LogP contribution in [0.3, 0.4) is 0 Å². The van der Waals surface area contributed by atoms with Gasteiger partial charge in [0.25, 0.3) is 0 Å². The molecule has 0 aliphatic heterocycles. The Labute approximate surface area is 101 Å². The summed E-state index contributed by atoms with van der Waals surface area (Å²) in [6.07, 6.45) is 0.943. The van der Waals surface area contributed by atoms with Crippen molar-refractivity contribution in [2.45, 2.75) is 27.2 Å². The lowest BCUT2D eigenvalue weighted by molar-refractivity contribution is 0.101. The van der Waals surface area contributed by atoms with Crippen LogP contribution in [0.25, 0.3) is 10.9 Å². The van der Waals surface area contributed by atoms with Crippen molar-refractivity contribution in [2.24, 2.45) is 13.0 Å². The van der Waals surface area contributed by atoms with Crippen LogP contribution in [0.15, 0.2) is 18.2 Å². The van der Waals surface area contributed by atoms with Gasteiger partial charge in [0.15, 0.2) is 5.78 Å². The summed E-state index contributed by atoms with van der Waals surface area (Å²) in [5, 5.41) is 5.64. The Hall–Kier alpha value is -1.64. The Balaban J connectivity index is 2.60. The molecule has 0 spiro atoms. The zero-order valence-electron chi connectivity index (χ0n) is 10.8. The van der Waals surface area contributed by atoms with Crippen molar-refractivity contribution >= 4 is 16.7 Å². The van der Waals surface area contributed by atoms with Gasteiger partial charge in [-0.3, -0.25) is 9.48 Å². The van der Waals surface area contributed by atoms with E-state index in [1.807, 2.05) is 29.9 Å². The molecule has 2 rings (SSSR count). The molecule has 1 aromatic heterocycles. The molecular formula is C14H18N2O. The highest BCUT2D eigenvalue weighted by Crippen LogP contribution is 2.22. The van der Waals surface area contributed by atoms with Crippen LogP contribution in [0.1, 0.15) is 36.8 Å². The molecule has 0 fully saturated rings. The highest BCUT2D eigenvalue weighted by Gasteiger charge is 2.11. The maximum Gasteiger partial charge on any atom is 0.159 e. The topological polar surface area (TPSA) is 34.9 Å². The lowest BCUT2D eigenvalue weighted by Gasteiger charge is -2.01. The number of aromatic nitrogens is 2. The van der Waals surface area contributed by atoms with Crippen LogP contribution in [0.5, 0.6) is 0 Å². The molecule has 0 N–H and O–H groups in total. The first kappa shape index (κ1) is 11.8. The molecule has 0 saturated carbocycles. The van der Waals surface area contributed by atoms with E-state index in [1.165, 1.54) is 0 Å².